The molecule has 5 rings (SSSR count). The van der Waals surface area contributed by atoms with Crippen LogP contribution < -0.4 is 4.90 Å². The number of benzene rings is 1. The van der Waals surface area contributed by atoms with Crippen LogP contribution in [0.5, 0.6) is 0 Å². The number of rotatable bonds is 2. The van der Waals surface area contributed by atoms with E-state index in [1.807, 2.05) is 17.0 Å². The molecule has 0 aliphatic carbocycles. The first-order valence-electron chi connectivity index (χ1n) is 10.0. The quantitative estimate of drug-likeness (QED) is 0.648. The fraction of sp³-hybridized carbons (Fsp3) is 0.364. The van der Waals surface area contributed by atoms with Crippen molar-refractivity contribution < 1.29 is 9.53 Å². The summed E-state index contributed by atoms with van der Waals surface area (Å²) in [5.41, 5.74) is 5.11. The third-order valence-corrected chi connectivity index (χ3v) is 6.16. The average molecular weight is 411 g/mol. The van der Waals surface area contributed by atoms with Crippen molar-refractivity contribution in [2.45, 2.75) is 19.4 Å². The maximum atomic E-state index is 13.3. The van der Waals surface area contributed by atoms with Crippen LogP contribution in [-0.2, 0) is 11.2 Å². The number of aromatic nitrogens is 2. The van der Waals surface area contributed by atoms with E-state index in [1.165, 1.54) is 16.8 Å². The van der Waals surface area contributed by atoms with Gasteiger partial charge in [-0.05, 0) is 43.2 Å². The van der Waals surface area contributed by atoms with Gasteiger partial charge in [0.25, 0.3) is 5.91 Å². The zero-order valence-electron chi connectivity index (χ0n) is 16.3. The van der Waals surface area contributed by atoms with Gasteiger partial charge < -0.3 is 14.5 Å². The molecule has 3 aromatic rings. The third kappa shape index (κ3) is 3.26. The van der Waals surface area contributed by atoms with Crippen LogP contribution in [-0.4, -0.2) is 53.3 Å². The Kier molecular flexibility index (Phi) is 4.68. The summed E-state index contributed by atoms with van der Waals surface area (Å²) in [4.78, 5) is 17.7. The SMILES string of the molecule is CC1c2c(cccc2N2CCOCC2)CCN1C(=O)c1cc2ccc(Cl)cn2n1. The van der Waals surface area contributed by atoms with E-state index >= 15 is 0 Å². The first-order valence-corrected chi connectivity index (χ1v) is 10.4. The molecule has 0 N–H and O–H groups in total. The monoisotopic (exact) mass is 410 g/mol. The Morgan fingerprint density at radius 1 is 1.17 bits per heavy atom. The molecule has 1 atom stereocenters. The highest BCUT2D eigenvalue weighted by molar-refractivity contribution is 6.30. The molecular formula is C22H23ClN4O2. The van der Waals surface area contributed by atoms with Crippen molar-refractivity contribution in [2.24, 2.45) is 0 Å². The minimum atomic E-state index is -0.0419. The Balaban J connectivity index is 1.48. The highest BCUT2D eigenvalue weighted by Gasteiger charge is 2.32. The maximum Gasteiger partial charge on any atom is 0.274 e. The summed E-state index contributed by atoms with van der Waals surface area (Å²) in [5, 5.41) is 5.06. The topological polar surface area (TPSA) is 50.1 Å². The van der Waals surface area contributed by atoms with Crippen LogP contribution in [0.4, 0.5) is 5.69 Å². The highest BCUT2D eigenvalue weighted by atomic mass is 35.5. The second kappa shape index (κ2) is 7.35. The predicted octanol–water partition coefficient (Wildman–Crippen LogP) is 3.58. The zero-order valence-corrected chi connectivity index (χ0v) is 17.1. The number of ether oxygens (including phenoxy) is 1. The number of hydrogen-bond donors (Lipinski definition) is 0. The third-order valence-electron chi connectivity index (χ3n) is 5.94. The van der Waals surface area contributed by atoms with E-state index in [0.717, 1.165) is 38.2 Å². The Morgan fingerprint density at radius 2 is 2.00 bits per heavy atom. The maximum absolute atomic E-state index is 13.3. The van der Waals surface area contributed by atoms with Crippen LogP contribution in [0.25, 0.3) is 5.52 Å². The van der Waals surface area contributed by atoms with Crippen molar-refractivity contribution in [1.82, 2.24) is 14.5 Å². The van der Waals surface area contributed by atoms with Crippen LogP contribution in [0.1, 0.15) is 34.6 Å². The van der Waals surface area contributed by atoms with E-state index in [1.54, 1.807) is 16.8 Å². The van der Waals surface area contributed by atoms with Crippen molar-refractivity contribution in [1.29, 1.82) is 0 Å². The minimum absolute atomic E-state index is 0.0151. The largest absolute Gasteiger partial charge is 0.378 e. The molecule has 1 amide bonds. The average Bonchev–Trinajstić information content (AvgIpc) is 3.17. The van der Waals surface area contributed by atoms with Gasteiger partial charge in [0.15, 0.2) is 5.69 Å². The lowest BCUT2D eigenvalue weighted by atomic mass is 9.91. The molecule has 2 aromatic heterocycles. The van der Waals surface area contributed by atoms with Gasteiger partial charge >= 0.3 is 0 Å². The van der Waals surface area contributed by atoms with Gasteiger partial charge in [-0.2, -0.15) is 5.10 Å². The number of hydrogen-bond acceptors (Lipinski definition) is 4. The molecule has 150 valence electrons. The Labute approximate surface area is 174 Å². The lowest BCUT2D eigenvalue weighted by Crippen LogP contribution is -2.42. The molecule has 0 saturated carbocycles. The summed E-state index contributed by atoms with van der Waals surface area (Å²) >= 11 is 6.06. The molecule has 7 heteroatoms. The second-order valence-corrected chi connectivity index (χ2v) is 8.06. The van der Waals surface area contributed by atoms with Crippen LogP contribution in [0.2, 0.25) is 5.02 Å². The normalized spacial score (nSPS) is 19.4. The van der Waals surface area contributed by atoms with Gasteiger partial charge in [0.1, 0.15) is 0 Å². The van der Waals surface area contributed by atoms with Crippen LogP contribution >= 0.6 is 11.6 Å². The molecule has 1 saturated heterocycles. The van der Waals surface area contributed by atoms with Gasteiger partial charge in [-0.25, -0.2) is 4.52 Å². The van der Waals surface area contributed by atoms with E-state index in [9.17, 15) is 4.79 Å². The van der Waals surface area contributed by atoms with Crippen LogP contribution in [0.15, 0.2) is 42.6 Å². The number of carbonyl (C=O) groups excluding carboxylic acids is 1. The number of fused-ring (bicyclic) bond motifs is 2. The van der Waals surface area contributed by atoms with Gasteiger partial charge in [-0.3, -0.25) is 4.79 Å². The van der Waals surface area contributed by atoms with E-state index in [2.05, 4.69) is 35.1 Å². The van der Waals surface area contributed by atoms with Crippen LogP contribution in [0.3, 0.4) is 0 Å². The van der Waals surface area contributed by atoms with E-state index in [0.29, 0.717) is 17.3 Å². The van der Waals surface area contributed by atoms with E-state index < -0.39 is 0 Å². The van der Waals surface area contributed by atoms with Gasteiger partial charge in [0, 0.05) is 37.1 Å². The smallest absolute Gasteiger partial charge is 0.274 e. The Morgan fingerprint density at radius 3 is 2.83 bits per heavy atom. The minimum Gasteiger partial charge on any atom is -0.378 e. The van der Waals surface area contributed by atoms with Crippen LogP contribution in [0, 0.1) is 0 Å². The fourth-order valence-corrected chi connectivity index (χ4v) is 4.62. The molecular weight excluding hydrogens is 388 g/mol. The van der Waals surface area contributed by atoms with E-state index in [-0.39, 0.29) is 11.9 Å². The molecule has 0 bridgehead atoms. The van der Waals surface area contributed by atoms with Crippen molar-refractivity contribution >= 4 is 28.7 Å². The molecule has 2 aliphatic rings. The summed E-state index contributed by atoms with van der Waals surface area (Å²) in [5.74, 6) is -0.0419. The summed E-state index contributed by atoms with van der Waals surface area (Å²) in [7, 11) is 0. The number of amides is 1. The molecule has 1 aromatic carbocycles. The van der Waals surface area contributed by atoms with Crippen molar-refractivity contribution in [3.05, 3.63) is 64.4 Å². The Hall–Kier alpha value is -2.57. The van der Waals surface area contributed by atoms with Crippen molar-refractivity contribution in [3.63, 3.8) is 0 Å². The van der Waals surface area contributed by atoms with Gasteiger partial charge in [0.2, 0.25) is 0 Å². The zero-order chi connectivity index (χ0) is 20.0. The summed E-state index contributed by atoms with van der Waals surface area (Å²) in [6.45, 7) is 6.05. The summed E-state index contributed by atoms with van der Waals surface area (Å²) in [6, 6.07) is 12.0. The summed E-state index contributed by atoms with van der Waals surface area (Å²) < 4.78 is 7.18. The molecule has 29 heavy (non-hydrogen) atoms. The summed E-state index contributed by atoms with van der Waals surface area (Å²) in [6.07, 6.45) is 2.57. The lowest BCUT2D eigenvalue weighted by molar-refractivity contribution is 0.0671. The first-order chi connectivity index (χ1) is 14.1. The molecule has 0 spiro atoms. The molecule has 4 heterocycles. The van der Waals surface area contributed by atoms with Crippen molar-refractivity contribution in [3.8, 4) is 0 Å². The van der Waals surface area contributed by atoms with Gasteiger partial charge in [-0.15, -0.1) is 0 Å². The first kappa shape index (κ1) is 18.5. The number of nitrogens with zero attached hydrogens (tertiary/aromatic N) is 4. The molecule has 6 nitrogen and oxygen atoms in total. The molecule has 2 aliphatic heterocycles. The molecule has 0 radical (unpaired) electrons. The number of halogens is 1. The highest BCUT2D eigenvalue weighted by Crippen LogP contribution is 2.37. The fourth-order valence-electron chi connectivity index (χ4n) is 4.46. The van der Waals surface area contributed by atoms with Crippen molar-refractivity contribution in [2.75, 3.05) is 37.7 Å². The Bertz CT molecular complexity index is 1070. The predicted molar refractivity (Wildman–Crippen MR) is 113 cm³/mol. The lowest BCUT2D eigenvalue weighted by Gasteiger charge is -2.39. The van der Waals surface area contributed by atoms with E-state index in [4.69, 9.17) is 16.3 Å². The molecule has 1 fully saturated rings. The number of carbonyl (C=O) groups is 1. The standard InChI is InChI=1S/C22H23ClN4O2/c1-15-21-16(3-2-4-20(21)25-9-11-29-12-10-25)7-8-26(15)22(28)19-13-18-6-5-17(23)14-27(18)24-19/h2-6,13-15H,7-12H2,1H3. The number of morpholine rings is 1. The number of pyridine rings is 1. The second-order valence-electron chi connectivity index (χ2n) is 7.62. The molecule has 1 unspecified atom stereocenters. The van der Waals surface area contributed by atoms with Gasteiger partial charge in [-0.1, -0.05) is 23.7 Å². The number of anilines is 1. The van der Waals surface area contributed by atoms with Gasteiger partial charge in [0.05, 0.1) is 29.8 Å².